The molecule has 1 aromatic rings. The highest BCUT2D eigenvalue weighted by atomic mass is 35.5. The van der Waals surface area contributed by atoms with E-state index < -0.39 is 0 Å². The number of amides is 3. The summed E-state index contributed by atoms with van der Waals surface area (Å²) in [7, 11) is 0. The zero-order valence-electron chi connectivity index (χ0n) is 14.6. The molecule has 0 bridgehead atoms. The molecule has 6 heteroatoms. The Bertz CT molecular complexity index is 604. The summed E-state index contributed by atoms with van der Waals surface area (Å²) in [6.45, 7) is 7.71. The van der Waals surface area contributed by atoms with E-state index in [4.69, 9.17) is 11.6 Å². The van der Waals surface area contributed by atoms with Crippen LogP contribution in [0, 0.1) is 18.8 Å². The van der Waals surface area contributed by atoms with Gasteiger partial charge in [-0.2, -0.15) is 0 Å². The normalized spacial score (nSPS) is 17.7. The summed E-state index contributed by atoms with van der Waals surface area (Å²) in [6.07, 6.45) is 1.97. The molecule has 24 heavy (non-hydrogen) atoms. The van der Waals surface area contributed by atoms with E-state index in [1.54, 1.807) is 12.1 Å². The topological polar surface area (TPSA) is 61.4 Å². The van der Waals surface area contributed by atoms with Gasteiger partial charge in [0.05, 0.1) is 0 Å². The number of benzene rings is 1. The van der Waals surface area contributed by atoms with Gasteiger partial charge in [0.15, 0.2) is 0 Å². The third-order valence-corrected chi connectivity index (χ3v) is 4.57. The Hall–Kier alpha value is -1.75. The van der Waals surface area contributed by atoms with E-state index in [-0.39, 0.29) is 17.9 Å². The Labute approximate surface area is 148 Å². The highest BCUT2D eigenvalue weighted by Crippen LogP contribution is 2.22. The van der Waals surface area contributed by atoms with E-state index in [2.05, 4.69) is 10.6 Å². The summed E-state index contributed by atoms with van der Waals surface area (Å²) in [4.78, 5) is 26.0. The first-order chi connectivity index (χ1) is 11.4. The second-order valence-electron chi connectivity index (χ2n) is 6.74. The van der Waals surface area contributed by atoms with Crippen molar-refractivity contribution in [3.63, 3.8) is 0 Å². The summed E-state index contributed by atoms with van der Waals surface area (Å²) in [5, 5.41) is 6.50. The molecule has 0 saturated carbocycles. The minimum atomic E-state index is -0.111. The molecule has 0 aliphatic carbocycles. The summed E-state index contributed by atoms with van der Waals surface area (Å²) in [6, 6.07) is 5.35. The second-order valence-corrected chi connectivity index (χ2v) is 7.18. The summed E-state index contributed by atoms with van der Waals surface area (Å²) < 4.78 is 0. The van der Waals surface area contributed by atoms with Crippen molar-refractivity contribution in [3.05, 3.63) is 28.8 Å². The smallest absolute Gasteiger partial charge is 0.321 e. The van der Waals surface area contributed by atoms with E-state index in [0.717, 1.165) is 30.6 Å². The van der Waals surface area contributed by atoms with Gasteiger partial charge in [-0.15, -0.1) is 0 Å². The fourth-order valence-electron chi connectivity index (χ4n) is 2.79. The van der Waals surface area contributed by atoms with Gasteiger partial charge in [0.25, 0.3) is 0 Å². The SMILES string of the molecule is Cc1ccc(Cl)cc1NC(=O)N1CCC[C@@H](CNC(=O)C(C)C)C1. The molecule has 3 amide bonds. The number of piperidine rings is 1. The van der Waals surface area contributed by atoms with E-state index in [0.29, 0.717) is 24.0 Å². The molecule has 1 aliphatic rings. The number of aryl methyl sites for hydroxylation is 1. The van der Waals surface area contributed by atoms with Gasteiger partial charge in [-0.25, -0.2) is 4.79 Å². The Balaban J connectivity index is 1.90. The highest BCUT2D eigenvalue weighted by Gasteiger charge is 2.24. The lowest BCUT2D eigenvalue weighted by atomic mass is 9.98. The number of likely N-dealkylation sites (tertiary alicyclic amines) is 1. The molecule has 1 atom stereocenters. The number of carbonyl (C=O) groups excluding carboxylic acids is 2. The summed E-state index contributed by atoms with van der Waals surface area (Å²) >= 11 is 6.00. The maximum absolute atomic E-state index is 12.5. The van der Waals surface area contributed by atoms with Gasteiger partial charge in [-0.3, -0.25) is 4.79 Å². The number of nitrogens with zero attached hydrogens (tertiary/aromatic N) is 1. The van der Waals surface area contributed by atoms with Crippen LogP contribution in [0.15, 0.2) is 18.2 Å². The zero-order valence-corrected chi connectivity index (χ0v) is 15.3. The summed E-state index contributed by atoms with van der Waals surface area (Å²) in [5.74, 6) is 0.345. The van der Waals surface area contributed by atoms with Crippen molar-refractivity contribution in [2.75, 3.05) is 25.0 Å². The molecule has 2 rings (SSSR count). The second kappa shape index (κ2) is 8.38. The third kappa shape index (κ3) is 5.13. The summed E-state index contributed by atoms with van der Waals surface area (Å²) in [5.41, 5.74) is 1.72. The number of hydrogen-bond donors (Lipinski definition) is 2. The quantitative estimate of drug-likeness (QED) is 0.869. The van der Waals surface area contributed by atoms with Crippen LogP contribution in [0.3, 0.4) is 0 Å². The lowest BCUT2D eigenvalue weighted by Gasteiger charge is -2.33. The first-order valence-corrected chi connectivity index (χ1v) is 8.84. The van der Waals surface area contributed by atoms with Gasteiger partial charge in [0.1, 0.15) is 0 Å². The molecular weight excluding hydrogens is 326 g/mol. The van der Waals surface area contributed by atoms with Gasteiger partial charge in [0.2, 0.25) is 5.91 Å². The van der Waals surface area contributed by atoms with Crippen molar-refractivity contribution in [3.8, 4) is 0 Å². The Kier molecular flexibility index (Phi) is 6.49. The van der Waals surface area contributed by atoms with Crippen molar-refractivity contribution >= 4 is 29.2 Å². The molecule has 1 heterocycles. The number of urea groups is 1. The standard InChI is InChI=1S/C18H26ClN3O2/c1-12(2)17(23)20-10-14-5-4-8-22(11-14)18(24)21-16-9-15(19)7-6-13(16)3/h6-7,9,12,14H,4-5,8,10-11H2,1-3H3,(H,20,23)(H,21,24)/t14-/m0/s1. The maximum atomic E-state index is 12.5. The van der Waals surface area contributed by atoms with Gasteiger partial charge in [-0.1, -0.05) is 31.5 Å². The number of hydrogen-bond acceptors (Lipinski definition) is 2. The molecular formula is C18H26ClN3O2. The van der Waals surface area contributed by atoms with Crippen molar-refractivity contribution in [2.45, 2.75) is 33.6 Å². The molecule has 1 saturated heterocycles. The van der Waals surface area contributed by atoms with Crippen molar-refractivity contribution in [1.82, 2.24) is 10.2 Å². The number of anilines is 1. The van der Waals surface area contributed by atoms with Crippen LogP contribution >= 0.6 is 11.6 Å². The van der Waals surface area contributed by atoms with Crippen molar-refractivity contribution in [2.24, 2.45) is 11.8 Å². The first-order valence-electron chi connectivity index (χ1n) is 8.46. The highest BCUT2D eigenvalue weighted by molar-refractivity contribution is 6.31. The van der Waals surface area contributed by atoms with Crippen LogP contribution in [-0.2, 0) is 4.79 Å². The van der Waals surface area contributed by atoms with E-state index in [9.17, 15) is 9.59 Å². The van der Waals surface area contributed by atoms with Crippen LogP contribution < -0.4 is 10.6 Å². The van der Waals surface area contributed by atoms with E-state index in [1.807, 2.05) is 31.7 Å². The van der Waals surface area contributed by atoms with E-state index in [1.165, 1.54) is 0 Å². The monoisotopic (exact) mass is 351 g/mol. The molecule has 0 unspecified atom stereocenters. The maximum Gasteiger partial charge on any atom is 0.321 e. The van der Waals surface area contributed by atoms with Crippen LogP contribution in [0.5, 0.6) is 0 Å². The zero-order chi connectivity index (χ0) is 17.7. The molecule has 0 aromatic heterocycles. The minimum absolute atomic E-state index is 0.0150. The van der Waals surface area contributed by atoms with E-state index >= 15 is 0 Å². The number of rotatable bonds is 4. The molecule has 0 radical (unpaired) electrons. The Morgan fingerprint density at radius 3 is 2.83 bits per heavy atom. The largest absolute Gasteiger partial charge is 0.356 e. The van der Waals surface area contributed by atoms with Gasteiger partial charge in [-0.05, 0) is 43.4 Å². The molecule has 2 N–H and O–H groups in total. The molecule has 132 valence electrons. The average Bonchev–Trinajstić information content (AvgIpc) is 2.56. The lowest BCUT2D eigenvalue weighted by Crippen LogP contribution is -2.45. The Morgan fingerprint density at radius 1 is 1.38 bits per heavy atom. The Morgan fingerprint density at radius 2 is 2.12 bits per heavy atom. The fourth-order valence-corrected chi connectivity index (χ4v) is 2.96. The van der Waals surface area contributed by atoms with Gasteiger partial charge >= 0.3 is 6.03 Å². The lowest BCUT2D eigenvalue weighted by molar-refractivity contribution is -0.124. The van der Waals surface area contributed by atoms with Crippen molar-refractivity contribution in [1.29, 1.82) is 0 Å². The predicted molar refractivity (Wildman–Crippen MR) is 97.4 cm³/mol. The van der Waals surface area contributed by atoms with Crippen LogP contribution in [0.25, 0.3) is 0 Å². The predicted octanol–water partition coefficient (Wildman–Crippen LogP) is 3.66. The van der Waals surface area contributed by atoms with Gasteiger partial charge < -0.3 is 15.5 Å². The number of halogens is 1. The average molecular weight is 352 g/mol. The van der Waals surface area contributed by atoms with Crippen molar-refractivity contribution < 1.29 is 9.59 Å². The van der Waals surface area contributed by atoms with Crippen LogP contribution in [0.2, 0.25) is 5.02 Å². The molecule has 1 aliphatic heterocycles. The molecule has 5 nitrogen and oxygen atoms in total. The first kappa shape index (κ1) is 18.6. The third-order valence-electron chi connectivity index (χ3n) is 4.34. The molecule has 0 spiro atoms. The molecule has 1 fully saturated rings. The number of nitrogens with one attached hydrogen (secondary N) is 2. The van der Waals surface area contributed by atoms with Crippen LogP contribution in [0.4, 0.5) is 10.5 Å². The van der Waals surface area contributed by atoms with Gasteiger partial charge in [0, 0.05) is 36.3 Å². The fraction of sp³-hybridized carbons (Fsp3) is 0.556. The minimum Gasteiger partial charge on any atom is -0.356 e. The van der Waals surface area contributed by atoms with Crippen LogP contribution in [0.1, 0.15) is 32.3 Å². The molecule has 1 aromatic carbocycles. The number of carbonyl (C=O) groups is 2. The van der Waals surface area contributed by atoms with Crippen LogP contribution in [-0.4, -0.2) is 36.5 Å².